The largest absolute Gasteiger partial charge is 0.475 e. The van der Waals surface area contributed by atoms with Crippen LogP contribution >= 0.6 is 35.0 Å². The summed E-state index contributed by atoms with van der Waals surface area (Å²) in [4.78, 5) is 11.2. The van der Waals surface area contributed by atoms with Gasteiger partial charge in [-0.2, -0.15) is 0 Å². The van der Waals surface area contributed by atoms with Gasteiger partial charge in [0, 0.05) is 0 Å². The molecule has 0 aliphatic heterocycles. The molecule has 0 aromatic carbocycles. The fraction of sp³-hybridized carbons (Fsp3) is 0. The monoisotopic (exact) mass is 290 g/mol. The van der Waals surface area contributed by atoms with Crippen LogP contribution in [0.15, 0.2) is 32.6 Å². The van der Waals surface area contributed by atoms with Gasteiger partial charge < -0.3 is 9.52 Å². The number of aromatic nitrogens is 2. The summed E-state index contributed by atoms with van der Waals surface area (Å²) < 4.78 is 5.06. The molecule has 2 heterocycles. The average Bonchev–Trinajstić information content (AvgIpc) is 2.72. The number of carboxylic acids is 1. The number of aromatic carboxylic acids is 1. The van der Waals surface area contributed by atoms with Crippen molar-refractivity contribution in [1.29, 1.82) is 0 Å². The summed E-state index contributed by atoms with van der Waals surface area (Å²) in [5.41, 5.74) is 0. The summed E-state index contributed by atoms with van der Waals surface area (Å²) in [6.45, 7) is 0. The van der Waals surface area contributed by atoms with Crippen molar-refractivity contribution in [2.45, 2.75) is 9.99 Å². The van der Waals surface area contributed by atoms with Crippen LogP contribution in [-0.4, -0.2) is 21.3 Å². The van der Waals surface area contributed by atoms with Crippen LogP contribution < -0.4 is 0 Å². The van der Waals surface area contributed by atoms with Crippen LogP contribution in [0, 0.1) is 0 Å². The number of halogens is 2. The van der Waals surface area contributed by atoms with Gasteiger partial charge in [0.1, 0.15) is 0 Å². The van der Waals surface area contributed by atoms with E-state index in [-0.39, 0.29) is 16.1 Å². The number of rotatable bonds is 3. The predicted octanol–water partition coefficient (Wildman–Crippen LogP) is 3.23. The second-order valence-corrected chi connectivity index (χ2v) is 4.64. The van der Waals surface area contributed by atoms with Crippen LogP contribution in [0.5, 0.6) is 0 Å². The van der Waals surface area contributed by atoms with Gasteiger partial charge in [0.2, 0.25) is 5.76 Å². The molecule has 0 atom stereocenters. The first-order valence-electron chi connectivity index (χ1n) is 4.26. The minimum atomic E-state index is -1.13. The zero-order chi connectivity index (χ0) is 12.4. The van der Waals surface area contributed by atoms with E-state index in [9.17, 15) is 4.79 Å². The van der Waals surface area contributed by atoms with Gasteiger partial charge in [-0.3, -0.25) is 0 Å². The molecule has 5 nitrogen and oxygen atoms in total. The molecule has 88 valence electrons. The minimum Gasteiger partial charge on any atom is -0.475 e. The predicted molar refractivity (Wildman–Crippen MR) is 61.8 cm³/mol. The molecule has 2 rings (SSSR count). The lowest BCUT2D eigenvalue weighted by Gasteiger charge is -1.99. The van der Waals surface area contributed by atoms with Crippen molar-refractivity contribution < 1.29 is 14.3 Å². The van der Waals surface area contributed by atoms with Crippen molar-refractivity contribution in [2.75, 3.05) is 0 Å². The fourth-order valence-corrected chi connectivity index (χ4v) is 2.21. The second kappa shape index (κ2) is 4.95. The summed E-state index contributed by atoms with van der Waals surface area (Å²) in [5, 5.41) is 16.6. The molecule has 0 fully saturated rings. The molecular weight excluding hydrogens is 287 g/mol. The van der Waals surface area contributed by atoms with Crippen molar-refractivity contribution in [3.63, 3.8) is 0 Å². The molecule has 0 aliphatic rings. The number of hydrogen-bond donors (Lipinski definition) is 1. The van der Waals surface area contributed by atoms with E-state index < -0.39 is 5.97 Å². The van der Waals surface area contributed by atoms with Crippen molar-refractivity contribution in [3.05, 3.63) is 34.3 Å². The first-order chi connectivity index (χ1) is 8.06. The molecule has 0 amide bonds. The number of hydrogen-bond acceptors (Lipinski definition) is 5. The normalized spacial score (nSPS) is 10.5. The maximum Gasteiger partial charge on any atom is 0.371 e. The molecule has 0 bridgehead atoms. The van der Waals surface area contributed by atoms with Gasteiger partial charge in [0.25, 0.3) is 0 Å². The molecule has 17 heavy (non-hydrogen) atoms. The van der Waals surface area contributed by atoms with Gasteiger partial charge in [-0.05, 0) is 30.0 Å². The number of carboxylic acid groups (broad SMARTS) is 1. The van der Waals surface area contributed by atoms with E-state index in [2.05, 4.69) is 10.2 Å². The second-order valence-electron chi connectivity index (χ2n) is 2.85. The van der Waals surface area contributed by atoms with E-state index in [0.717, 1.165) is 11.8 Å². The highest BCUT2D eigenvalue weighted by Crippen LogP contribution is 2.33. The SMILES string of the molecule is O=C(O)c1ccc(Sc2cc(Cl)nnc2Cl)o1. The third-order valence-corrected chi connectivity index (χ3v) is 3.22. The Morgan fingerprint density at radius 3 is 2.76 bits per heavy atom. The van der Waals surface area contributed by atoms with Gasteiger partial charge in [0.15, 0.2) is 15.4 Å². The Bertz CT molecular complexity index is 573. The van der Waals surface area contributed by atoms with Crippen molar-refractivity contribution in [3.8, 4) is 0 Å². The minimum absolute atomic E-state index is 0.142. The van der Waals surface area contributed by atoms with Crippen LogP contribution in [0.25, 0.3) is 0 Å². The highest BCUT2D eigenvalue weighted by Gasteiger charge is 2.12. The Hall–Kier alpha value is -1.24. The molecule has 2 aromatic rings. The van der Waals surface area contributed by atoms with Crippen LogP contribution in [0.3, 0.4) is 0 Å². The van der Waals surface area contributed by atoms with E-state index >= 15 is 0 Å². The van der Waals surface area contributed by atoms with Gasteiger partial charge in [0.05, 0.1) is 4.90 Å². The Labute approximate surface area is 110 Å². The molecule has 1 N–H and O–H groups in total. The molecule has 0 unspecified atom stereocenters. The van der Waals surface area contributed by atoms with Crippen molar-refractivity contribution in [1.82, 2.24) is 10.2 Å². The van der Waals surface area contributed by atoms with E-state index in [4.69, 9.17) is 32.7 Å². The summed E-state index contributed by atoms with van der Waals surface area (Å²) in [6.07, 6.45) is 0. The summed E-state index contributed by atoms with van der Waals surface area (Å²) >= 11 is 12.6. The van der Waals surface area contributed by atoms with Crippen LogP contribution in [0.2, 0.25) is 10.3 Å². The molecule has 0 saturated carbocycles. The van der Waals surface area contributed by atoms with Crippen molar-refractivity contribution >= 4 is 40.9 Å². The Morgan fingerprint density at radius 2 is 2.12 bits per heavy atom. The topological polar surface area (TPSA) is 76.2 Å². The van der Waals surface area contributed by atoms with Crippen LogP contribution in [0.1, 0.15) is 10.6 Å². The number of furan rings is 1. The standard InChI is InChI=1S/C9H4Cl2N2O3S/c10-6-3-5(8(11)13-12-6)17-7-2-1-4(16-7)9(14)15/h1-3H,(H,14,15). The summed E-state index contributed by atoms with van der Waals surface area (Å²) in [7, 11) is 0. The lowest BCUT2D eigenvalue weighted by atomic mass is 10.5. The quantitative estimate of drug-likeness (QED) is 0.935. The molecule has 2 aromatic heterocycles. The summed E-state index contributed by atoms with van der Waals surface area (Å²) in [6, 6.07) is 4.40. The van der Waals surface area contributed by atoms with E-state index in [1.807, 2.05) is 0 Å². The lowest BCUT2D eigenvalue weighted by molar-refractivity contribution is 0.0656. The van der Waals surface area contributed by atoms with E-state index in [1.54, 1.807) is 0 Å². The average molecular weight is 291 g/mol. The highest BCUT2D eigenvalue weighted by atomic mass is 35.5. The number of nitrogens with zero attached hydrogens (tertiary/aromatic N) is 2. The Kier molecular flexibility index (Phi) is 3.56. The first kappa shape index (κ1) is 12.2. The maximum absolute atomic E-state index is 10.6. The number of carbonyl (C=O) groups is 1. The molecule has 0 saturated heterocycles. The zero-order valence-corrected chi connectivity index (χ0v) is 10.4. The van der Waals surface area contributed by atoms with Crippen LogP contribution in [0.4, 0.5) is 0 Å². The third-order valence-electron chi connectivity index (χ3n) is 1.69. The zero-order valence-electron chi connectivity index (χ0n) is 8.05. The van der Waals surface area contributed by atoms with E-state index in [1.165, 1.54) is 18.2 Å². The highest BCUT2D eigenvalue weighted by molar-refractivity contribution is 7.99. The smallest absolute Gasteiger partial charge is 0.371 e. The molecule has 8 heteroatoms. The van der Waals surface area contributed by atoms with Crippen molar-refractivity contribution in [2.24, 2.45) is 0 Å². The van der Waals surface area contributed by atoms with Gasteiger partial charge >= 0.3 is 5.97 Å². The molecular formula is C9H4Cl2N2O3S. The van der Waals surface area contributed by atoms with Crippen LogP contribution in [-0.2, 0) is 0 Å². The molecule has 0 spiro atoms. The Morgan fingerprint density at radius 1 is 1.35 bits per heavy atom. The van der Waals surface area contributed by atoms with Gasteiger partial charge in [-0.25, -0.2) is 4.79 Å². The van der Waals surface area contributed by atoms with Gasteiger partial charge in [-0.15, -0.1) is 10.2 Å². The molecule has 0 aliphatic carbocycles. The fourth-order valence-electron chi connectivity index (χ4n) is 1.01. The first-order valence-corrected chi connectivity index (χ1v) is 5.83. The Balaban J connectivity index is 2.25. The lowest BCUT2D eigenvalue weighted by Crippen LogP contribution is -1.91. The third kappa shape index (κ3) is 2.91. The van der Waals surface area contributed by atoms with Gasteiger partial charge in [-0.1, -0.05) is 23.2 Å². The molecule has 0 radical (unpaired) electrons. The maximum atomic E-state index is 10.6. The van der Waals surface area contributed by atoms with E-state index in [0.29, 0.717) is 9.99 Å². The summed E-state index contributed by atoms with van der Waals surface area (Å²) in [5.74, 6) is -1.27.